The second-order valence-corrected chi connectivity index (χ2v) is 6.55. The Hall–Kier alpha value is -1.20. The summed E-state index contributed by atoms with van der Waals surface area (Å²) in [6, 6.07) is 4.60. The van der Waals surface area contributed by atoms with Crippen molar-refractivity contribution >= 4 is 17.3 Å². The van der Waals surface area contributed by atoms with E-state index in [9.17, 15) is 0 Å². The van der Waals surface area contributed by atoms with Gasteiger partial charge in [0.15, 0.2) is 5.11 Å². The molecular formula is C17H25N3OS. The Morgan fingerprint density at radius 1 is 1.23 bits per heavy atom. The van der Waals surface area contributed by atoms with Crippen LogP contribution in [0.2, 0.25) is 0 Å². The van der Waals surface area contributed by atoms with Gasteiger partial charge >= 0.3 is 0 Å². The van der Waals surface area contributed by atoms with Crippen molar-refractivity contribution in [2.24, 2.45) is 0 Å². The average molecular weight is 319 g/mol. The van der Waals surface area contributed by atoms with Crippen molar-refractivity contribution < 1.29 is 4.74 Å². The van der Waals surface area contributed by atoms with Gasteiger partial charge < -0.3 is 15.0 Å². The molecule has 0 aromatic carbocycles. The number of hydrogen-bond acceptors (Lipinski definition) is 3. The second-order valence-electron chi connectivity index (χ2n) is 6.16. The molecular weight excluding hydrogens is 294 g/mol. The number of thiocarbonyl (C=S) groups is 1. The van der Waals surface area contributed by atoms with Crippen molar-refractivity contribution in [2.45, 2.75) is 50.7 Å². The third-order valence-electron chi connectivity index (χ3n) is 4.61. The van der Waals surface area contributed by atoms with Gasteiger partial charge in [0, 0.05) is 32.1 Å². The summed E-state index contributed by atoms with van der Waals surface area (Å²) in [5.74, 6) is 0. The summed E-state index contributed by atoms with van der Waals surface area (Å²) >= 11 is 5.69. The standard InChI is InChI=1S/C17H25N3OS/c22-17(19-13-15-5-4-12-21-15)20-11-3-1-2-6-16(20)14-7-9-18-10-8-14/h7-10,15-16H,1-6,11-13H2,(H,19,22)/t15-,16-/m1/s1. The van der Waals surface area contributed by atoms with Crippen LogP contribution in [0, 0.1) is 0 Å². The van der Waals surface area contributed by atoms with Crippen LogP contribution in [0.25, 0.3) is 0 Å². The molecule has 4 nitrogen and oxygen atoms in total. The molecule has 0 radical (unpaired) electrons. The molecule has 0 aliphatic carbocycles. The molecule has 3 heterocycles. The van der Waals surface area contributed by atoms with E-state index in [0.717, 1.165) is 37.7 Å². The Bertz CT molecular complexity index is 476. The van der Waals surface area contributed by atoms with E-state index in [4.69, 9.17) is 17.0 Å². The van der Waals surface area contributed by atoms with Crippen LogP contribution in [0.1, 0.15) is 50.1 Å². The van der Waals surface area contributed by atoms with Crippen LogP contribution in [0.4, 0.5) is 0 Å². The zero-order valence-electron chi connectivity index (χ0n) is 13.0. The molecule has 2 aliphatic heterocycles. The lowest BCUT2D eigenvalue weighted by Gasteiger charge is -2.33. The first-order valence-corrected chi connectivity index (χ1v) is 8.81. The third kappa shape index (κ3) is 3.96. The van der Waals surface area contributed by atoms with Crippen LogP contribution >= 0.6 is 12.2 Å². The van der Waals surface area contributed by atoms with Gasteiger partial charge in [-0.25, -0.2) is 0 Å². The van der Waals surface area contributed by atoms with Crippen molar-refractivity contribution in [1.82, 2.24) is 15.2 Å². The van der Waals surface area contributed by atoms with E-state index in [1.54, 1.807) is 0 Å². The SMILES string of the molecule is S=C(NC[C@H]1CCCO1)N1CCCCC[C@@H]1c1ccncc1. The molecule has 2 atom stereocenters. The van der Waals surface area contributed by atoms with Crippen LogP contribution in [-0.2, 0) is 4.74 Å². The summed E-state index contributed by atoms with van der Waals surface area (Å²) in [6.45, 7) is 2.76. The minimum atomic E-state index is 0.323. The lowest BCUT2D eigenvalue weighted by atomic mass is 10.0. The molecule has 5 heteroatoms. The van der Waals surface area contributed by atoms with Crippen LogP contribution in [0.5, 0.6) is 0 Å². The van der Waals surface area contributed by atoms with E-state index in [2.05, 4.69) is 27.3 Å². The van der Waals surface area contributed by atoms with Gasteiger partial charge in [-0.05, 0) is 55.6 Å². The Morgan fingerprint density at radius 2 is 2.09 bits per heavy atom. The van der Waals surface area contributed by atoms with E-state index in [1.165, 1.54) is 31.2 Å². The van der Waals surface area contributed by atoms with Crippen molar-refractivity contribution in [3.05, 3.63) is 30.1 Å². The van der Waals surface area contributed by atoms with E-state index < -0.39 is 0 Å². The van der Waals surface area contributed by atoms with E-state index in [0.29, 0.717) is 12.1 Å². The molecule has 0 amide bonds. The number of ether oxygens (including phenoxy) is 1. The molecule has 2 aliphatic rings. The maximum atomic E-state index is 5.69. The van der Waals surface area contributed by atoms with Gasteiger partial charge in [-0.15, -0.1) is 0 Å². The summed E-state index contributed by atoms with van der Waals surface area (Å²) < 4.78 is 5.68. The number of aromatic nitrogens is 1. The van der Waals surface area contributed by atoms with Crippen molar-refractivity contribution in [3.63, 3.8) is 0 Å². The summed E-state index contributed by atoms with van der Waals surface area (Å²) in [4.78, 5) is 6.51. The largest absolute Gasteiger partial charge is 0.376 e. The molecule has 3 rings (SSSR count). The van der Waals surface area contributed by atoms with Gasteiger partial charge in [-0.3, -0.25) is 4.98 Å². The zero-order chi connectivity index (χ0) is 15.2. The predicted molar refractivity (Wildman–Crippen MR) is 91.7 cm³/mol. The molecule has 1 aromatic heterocycles. The zero-order valence-corrected chi connectivity index (χ0v) is 13.9. The molecule has 2 fully saturated rings. The second kappa shape index (κ2) is 7.88. The average Bonchev–Trinajstić information content (AvgIpc) is 2.96. The van der Waals surface area contributed by atoms with Crippen LogP contribution in [0.15, 0.2) is 24.5 Å². The van der Waals surface area contributed by atoms with Gasteiger partial charge in [0.1, 0.15) is 0 Å². The highest BCUT2D eigenvalue weighted by molar-refractivity contribution is 7.80. The minimum Gasteiger partial charge on any atom is -0.376 e. The van der Waals surface area contributed by atoms with Crippen LogP contribution < -0.4 is 5.32 Å². The Balaban J connectivity index is 1.65. The summed E-state index contributed by atoms with van der Waals surface area (Å²) in [6.07, 6.45) is 11.3. The number of likely N-dealkylation sites (tertiary alicyclic amines) is 1. The fraction of sp³-hybridized carbons (Fsp3) is 0.647. The molecule has 1 N–H and O–H groups in total. The molecule has 0 spiro atoms. The highest BCUT2D eigenvalue weighted by Crippen LogP contribution is 2.29. The molecule has 22 heavy (non-hydrogen) atoms. The molecule has 2 saturated heterocycles. The Morgan fingerprint density at radius 3 is 2.86 bits per heavy atom. The number of rotatable bonds is 3. The minimum absolute atomic E-state index is 0.323. The summed E-state index contributed by atoms with van der Waals surface area (Å²) in [5, 5.41) is 4.31. The smallest absolute Gasteiger partial charge is 0.169 e. The highest BCUT2D eigenvalue weighted by atomic mass is 32.1. The number of pyridine rings is 1. The van der Waals surface area contributed by atoms with Gasteiger partial charge in [-0.1, -0.05) is 12.8 Å². The van der Waals surface area contributed by atoms with E-state index in [1.807, 2.05) is 12.4 Å². The predicted octanol–water partition coefficient (Wildman–Crippen LogP) is 3.05. The third-order valence-corrected chi connectivity index (χ3v) is 4.99. The Kier molecular flexibility index (Phi) is 5.62. The monoisotopic (exact) mass is 319 g/mol. The topological polar surface area (TPSA) is 37.4 Å². The molecule has 1 aromatic rings. The summed E-state index contributed by atoms with van der Waals surface area (Å²) in [7, 11) is 0. The first-order chi connectivity index (χ1) is 10.8. The number of nitrogens with one attached hydrogen (secondary N) is 1. The normalized spacial score (nSPS) is 25.7. The lowest BCUT2D eigenvalue weighted by molar-refractivity contribution is 0.113. The molecule has 0 unspecified atom stereocenters. The van der Waals surface area contributed by atoms with E-state index in [-0.39, 0.29) is 0 Å². The quantitative estimate of drug-likeness (QED) is 0.867. The van der Waals surface area contributed by atoms with E-state index >= 15 is 0 Å². The molecule has 0 bridgehead atoms. The van der Waals surface area contributed by atoms with Crippen LogP contribution in [-0.4, -0.2) is 40.8 Å². The van der Waals surface area contributed by atoms with Crippen molar-refractivity contribution in [2.75, 3.05) is 19.7 Å². The van der Waals surface area contributed by atoms with Crippen LogP contribution in [0.3, 0.4) is 0 Å². The fourth-order valence-electron chi connectivity index (χ4n) is 3.39. The van der Waals surface area contributed by atoms with Gasteiger partial charge in [0.05, 0.1) is 12.1 Å². The molecule has 0 saturated carbocycles. The first-order valence-electron chi connectivity index (χ1n) is 8.40. The molecule has 120 valence electrons. The van der Waals surface area contributed by atoms with Gasteiger partial charge in [-0.2, -0.15) is 0 Å². The number of nitrogens with zero attached hydrogens (tertiary/aromatic N) is 2. The van der Waals surface area contributed by atoms with Crippen molar-refractivity contribution in [1.29, 1.82) is 0 Å². The number of hydrogen-bond donors (Lipinski definition) is 1. The highest BCUT2D eigenvalue weighted by Gasteiger charge is 2.25. The Labute approximate surface area is 138 Å². The van der Waals surface area contributed by atoms with Gasteiger partial charge in [0.2, 0.25) is 0 Å². The van der Waals surface area contributed by atoms with Gasteiger partial charge in [0.25, 0.3) is 0 Å². The first kappa shape index (κ1) is 15.7. The lowest BCUT2D eigenvalue weighted by Crippen LogP contribution is -2.44. The fourth-order valence-corrected chi connectivity index (χ4v) is 3.69. The summed E-state index contributed by atoms with van der Waals surface area (Å²) in [5.41, 5.74) is 1.32. The maximum Gasteiger partial charge on any atom is 0.169 e. The maximum absolute atomic E-state index is 5.69. The van der Waals surface area contributed by atoms with Crippen molar-refractivity contribution in [3.8, 4) is 0 Å².